The Kier molecular flexibility index (Phi) is 21.8. The number of aliphatic carboxylic acids is 3. The van der Waals surface area contributed by atoms with Crippen molar-refractivity contribution in [2.75, 3.05) is 26.4 Å². The first kappa shape index (κ1) is 32.2. The zero-order valence-electron chi connectivity index (χ0n) is 15.8. The predicted molar refractivity (Wildman–Crippen MR) is 98.1 cm³/mol. The van der Waals surface area contributed by atoms with Crippen LogP contribution in [0.4, 0.5) is 0 Å². The number of carboxylic acids is 3. The second-order valence-corrected chi connectivity index (χ2v) is 5.39. The molecule has 0 fully saturated rings. The van der Waals surface area contributed by atoms with Gasteiger partial charge in [0, 0.05) is 16.7 Å². The van der Waals surface area contributed by atoms with Gasteiger partial charge in [0.15, 0.2) is 0 Å². The minimum absolute atomic E-state index is 0.176. The maximum absolute atomic E-state index is 9.60. The lowest BCUT2D eigenvalue weighted by Crippen LogP contribution is -2.37. The first-order valence-electron chi connectivity index (χ1n) is 7.27. The summed E-state index contributed by atoms with van der Waals surface area (Å²) in [6.45, 7) is 12.2. The molecule has 27 heavy (non-hydrogen) atoms. The number of rotatable bonds is 7. The van der Waals surface area contributed by atoms with Crippen molar-refractivity contribution in [3.8, 4) is 0 Å². The highest BCUT2D eigenvalue weighted by Crippen LogP contribution is 2.11. The van der Waals surface area contributed by atoms with Crippen LogP contribution in [0.3, 0.4) is 0 Å². The smallest absolute Gasteiger partial charge is 0.330 e. The minimum atomic E-state index is -1.11. The fourth-order valence-corrected chi connectivity index (χ4v) is 0.300. The molecule has 0 unspecified atom stereocenters. The molecule has 0 heterocycles. The average Bonchev–Trinajstić information content (AvgIpc) is 2.58. The molecular formula is C17H30O10. The van der Waals surface area contributed by atoms with Crippen LogP contribution in [0.25, 0.3) is 0 Å². The van der Waals surface area contributed by atoms with Gasteiger partial charge in [-0.3, -0.25) is 0 Å². The SMILES string of the molecule is C=C(C)C(=O)O.C=C(C)C(=O)O.C=C(C)C(=O)O.OCC(CO)(CO)CO. The Labute approximate surface area is 158 Å². The van der Waals surface area contributed by atoms with Crippen LogP contribution in [0.2, 0.25) is 0 Å². The lowest BCUT2D eigenvalue weighted by molar-refractivity contribution is -0.133. The van der Waals surface area contributed by atoms with Gasteiger partial charge in [0.2, 0.25) is 0 Å². The summed E-state index contributed by atoms with van der Waals surface area (Å²) in [7, 11) is 0. The van der Waals surface area contributed by atoms with E-state index in [1.165, 1.54) is 20.8 Å². The number of carboxylic acid groups (broad SMARTS) is 3. The van der Waals surface area contributed by atoms with E-state index < -0.39 is 49.8 Å². The van der Waals surface area contributed by atoms with E-state index in [0.717, 1.165) is 0 Å². The van der Waals surface area contributed by atoms with Crippen LogP contribution in [0.15, 0.2) is 36.5 Å². The zero-order valence-corrected chi connectivity index (χ0v) is 15.8. The van der Waals surface area contributed by atoms with E-state index in [0.29, 0.717) is 0 Å². The summed E-state index contributed by atoms with van der Waals surface area (Å²) in [5.41, 5.74) is -0.583. The van der Waals surface area contributed by atoms with Gasteiger partial charge in [-0.15, -0.1) is 0 Å². The fraction of sp³-hybridized carbons (Fsp3) is 0.471. The summed E-state index contributed by atoms with van der Waals surface area (Å²) < 4.78 is 0. The molecule has 0 saturated heterocycles. The largest absolute Gasteiger partial charge is 0.478 e. The van der Waals surface area contributed by atoms with Crippen molar-refractivity contribution in [2.24, 2.45) is 5.41 Å². The van der Waals surface area contributed by atoms with E-state index in [2.05, 4.69) is 19.7 Å². The van der Waals surface area contributed by atoms with Crippen LogP contribution < -0.4 is 0 Å². The van der Waals surface area contributed by atoms with Crippen molar-refractivity contribution in [3.05, 3.63) is 36.5 Å². The van der Waals surface area contributed by atoms with Gasteiger partial charge in [0.25, 0.3) is 0 Å². The van der Waals surface area contributed by atoms with Crippen molar-refractivity contribution in [1.29, 1.82) is 0 Å². The highest BCUT2D eigenvalue weighted by molar-refractivity contribution is 5.85. The molecule has 0 saturated carbocycles. The topological polar surface area (TPSA) is 193 Å². The summed E-state index contributed by atoms with van der Waals surface area (Å²) in [5.74, 6) is -2.81. The van der Waals surface area contributed by atoms with Crippen molar-refractivity contribution in [3.63, 3.8) is 0 Å². The van der Waals surface area contributed by atoms with Crippen molar-refractivity contribution < 1.29 is 50.1 Å². The zero-order chi connectivity index (χ0) is 22.8. The van der Waals surface area contributed by atoms with E-state index in [-0.39, 0.29) is 16.7 Å². The number of hydrogen-bond donors (Lipinski definition) is 7. The molecule has 10 nitrogen and oxygen atoms in total. The molecule has 0 amide bonds. The van der Waals surface area contributed by atoms with Gasteiger partial charge < -0.3 is 35.7 Å². The monoisotopic (exact) mass is 394 g/mol. The van der Waals surface area contributed by atoms with E-state index >= 15 is 0 Å². The molecular weight excluding hydrogens is 364 g/mol. The highest BCUT2D eigenvalue weighted by atomic mass is 16.4. The average molecular weight is 394 g/mol. The maximum atomic E-state index is 9.60. The Balaban J connectivity index is -0.000000133. The van der Waals surface area contributed by atoms with Crippen LogP contribution in [0.1, 0.15) is 20.8 Å². The molecule has 0 aliphatic rings. The van der Waals surface area contributed by atoms with Crippen LogP contribution in [0.5, 0.6) is 0 Å². The number of aliphatic hydroxyl groups is 4. The molecule has 0 aliphatic carbocycles. The Morgan fingerprint density at radius 3 is 0.704 bits per heavy atom. The van der Waals surface area contributed by atoms with Crippen molar-refractivity contribution >= 4 is 17.9 Å². The van der Waals surface area contributed by atoms with Gasteiger partial charge >= 0.3 is 17.9 Å². The normalized spacial score (nSPS) is 9.00. The number of aliphatic hydroxyl groups excluding tert-OH is 4. The lowest BCUT2D eigenvalue weighted by Gasteiger charge is -2.23. The molecule has 0 radical (unpaired) electrons. The van der Waals surface area contributed by atoms with Gasteiger partial charge in [0.05, 0.1) is 31.8 Å². The molecule has 10 heteroatoms. The quantitative estimate of drug-likeness (QED) is 0.286. The number of hydrogen-bond acceptors (Lipinski definition) is 7. The molecule has 0 rings (SSSR count). The van der Waals surface area contributed by atoms with Gasteiger partial charge in [-0.25, -0.2) is 14.4 Å². The Hall–Kier alpha value is -2.53. The number of carbonyl (C=O) groups is 3. The Bertz CT molecular complexity index is 393. The molecule has 0 aromatic rings. The van der Waals surface area contributed by atoms with Crippen LogP contribution in [-0.2, 0) is 14.4 Å². The maximum Gasteiger partial charge on any atom is 0.330 e. The molecule has 0 aromatic heterocycles. The summed E-state index contributed by atoms with van der Waals surface area (Å²) in [4.78, 5) is 28.8. The molecule has 0 spiro atoms. The molecule has 0 bridgehead atoms. The summed E-state index contributed by atoms with van der Waals surface area (Å²) in [6.07, 6.45) is 0. The summed E-state index contributed by atoms with van der Waals surface area (Å²) in [5, 5.41) is 57.7. The first-order chi connectivity index (χ1) is 12.2. The second-order valence-electron chi connectivity index (χ2n) is 5.39. The van der Waals surface area contributed by atoms with E-state index in [9.17, 15) is 14.4 Å². The molecule has 7 N–H and O–H groups in total. The van der Waals surface area contributed by atoms with E-state index in [1.807, 2.05) is 0 Å². The van der Waals surface area contributed by atoms with Crippen molar-refractivity contribution in [2.45, 2.75) is 20.8 Å². The van der Waals surface area contributed by atoms with Gasteiger partial charge in [-0.1, -0.05) is 19.7 Å². The summed E-state index contributed by atoms with van der Waals surface area (Å²) in [6, 6.07) is 0. The molecule has 0 aliphatic heterocycles. The van der Waals surface area contributed by atoms with Crippen LogP contribution in [0, 0.1) is 5.41 Å². The van der Waals surface area contributed by atoms with Crippen LogP contribution in [-0.4, -0.2) is 80.1 Å². The second kappa shape index (κ2) is 18.3. The Morgan fingerprint density at radius 2 is 0.704 bits per heavy atom. The predicted octanol–water partition coefficient (Wildman–Crippen LogP) is -0.117. The third kappa shape index (κ3) is 23.5. The van der Waals surface area contributed by atoms with E-state index in [4.69, 9.17) is 35.7 Å². The standard InChI is InChI=1S/C5H12O4.3C4H6O2/c6-1-5(2-7,3-8)4-9;3*1-3(2)4(5)6/h6-9H,1-4H2;3*1H2,2H3,(H,5,6). The lowest BCUT2D eigenvalue weighted by atomic mass is 9.93. The molecule has 0 atom stereocenters. The minimum Gasteiger partial charge on any atom is -0.478 e. The molecule has 0 aromatic carbocycles. The fourth-order valence-electron chi connectivity index (χ4n) is 0.300. The third-order valence-electron chi connectivity index (χ3n) is 2.44. The van der Waals surface area contributed by atoms with Gasteiger partial charge in [-0.05, 0) is 20.8 Å². The van der Waals surface area contributed by atoms with Crippen LogP contribution >= 0.6 is 0 Å². The third-order valence-corrected chi connectivity index (χ3v) is 2.44. The highest BCUT2D eigenvalue weighted by Gasteiger charge is 2.26. The first-order valence-corrected chi connectivity index (χ1v) is 7.27. The van der Waals surface area contributed by atoms with Gasteiger partial charge in [0.1, 0.15) is 0 Å². The summed E-state index contributed by atoms with van der Waals surface area (Å²) >= 11 is 0. The van der Waals surface area contributed by atoms with Gasteiger partial charge in [-0.2, -0.15) is 0 Å². The van der Waals surface area contributed by atoms with E-state index in [1.54, 1.807) is 0 Å². The molecule has 158 valence electrons. The van der Waals surface area contributed by atoms with Crippen molar-refractivity contribution in [1.82, 2.24) is 0 Å². The Morgan fingerprint density at radius 1 is 0.593 bits per heavy atom.